The summed E-state index contributed by atoms with van der Waals surface area (Å²) in [5, 5.41) is 7.23. The van der Waals surface area contributed by atoms with E-state index in [0.717, 1.165) is 12.0 Å². The van der Waals surface area contributed by atoms with Gasteiger partial charge in [-0.1, -0.05) is 31.8 Å². The average Bonchev–Trinajstić information content (AvgIpc) is 3.52. The Bertz CT molecular complexity index is 1610. The van der Waals surface area contributed by atoms with E-state index in [0.29, 0.717) is 54.2 Å². The summed E-state index contributed by atoms with van der Waals surface area (Å²) in [6.07, 6.45) is 4.84. The number of benzene rings is 1. The molecule has 0 aliphatic rings. The zero-order valence-electron chi connectivity index (χ0n) is 21.5. The van der Waals surface area contributed by atoms with Crippen LogP contribution in [0, 0.1) is 11.8 Å². The lowest BCUT2D eigenvalue weighted by Gasteiger charge is -2.09. The molecule has 0 atom stereocenters. The molecule has 1 aromatic carbocycles. The molecule has 2 N–H and O–H groups in total. The Morgan fingerprint density at radius 2 is 1.89 bits per heavy atom. The number of hydrogen-bond donors (Lipinski definition) is 2. The summed E-state index contributed by atoms with van der Waals surface area (Å²) < 4.78 is 4.48. The van der Waals surface area contributed by atoms with E-state index < -0.39 is 0 Å². The molecule has 4 rings (SSSR count). The number of carbonyl (C=O) groups excluding carboxylic acids is 1. The van der Waals surface area contributed by atoms with E-state index in [1.54, 1.807) is 39.8 Å². The molecule has 0 saturated heterocycles. The number of aromatic amines is 1. The molecule has 0 bridgehead atoms. The molecule has 0 saturated carbocycles. The number of hydrogen-bond acceptors (Lipinski definition) is 5. The quantitative estimate of drug-likeness (QED) is 0.360. The smallest absolute Gasteiger partial charge is 0.332 e. The van der Waals surface area contributed by atoms with Crippen molar-refractivity contribution in [3.05, 3.63) is 68.6 Å². The standard InChI is InChI=1S/C27H31N7O3/c1-5-12-33-24-22(26(36)34(13-6-2)27(33)37)30-23(31-24)21-16-28-32(17-21)14-8-10-19-9-7-11-20(15-19)25(35)29-18(3)4/h7,9,11,15-18H,5-6,12-14H2,1-4H3,(H,29,35)(H,30,31). The summed E-state index contributed by atoms with van der Waals surface area (Å²) >= 11 is 0. The van der Waals surface area contributed by atoms with Gasteiger partial charge in [0.25, 0.3) is 11.5 Å². The number of aromatic nitrogens is 6. The van der Waals surface area contributed by atoms with Gasteiger partial charge in [-0.05, 0) is 44.9 Å². The third-order valence-electron chi connectivity index (χ3n) is 5.68. The van der Waals surface area contributed by atoms with Crippen molar-refractivity contribution in [1.82, 2.24) is 34.2 Å². The van der Waals surface area contributed by atoms with Crippen molar-refractivity contribution in [2.24, 2.45) is 0 Å². The first kappa shape index (κ1) is 25.7. The topological polar surface area (TPSA) is 120 Å². The first-order valence-corrected chi connectivity index (χ1v) is 12.5. The maximum absolute atomic E-state index is 13.0. The van der Waals surface area contributed by atoms with Crippen LogP contribution in [0.1, 0.15) is 56.5 Å². The number of amides is 1. The Labute approximate surface area is 214 Å². The molecule has 37 heavy (non-hydrogen) atoms. The largest absolute Gasteiger partial charge is 0.350 e. The molecule has 0 aliphatic carbocycles. The SMILES string of the molecule is CCCn1c(=O)c2[nH]c(-c3cnn(CC#Cc4cccc(C(=O)NC(C)C)c4)c3)nc2n(CCC)c1=O. The van der Waals surface area contributed by atoms with Gasteiger partial charge in [0.15, 0.2) is 5.65 Å². The third-order valence-corrected chi connectivity index (χ3v) is 5.68. The Morgan fingerprint density at radius 3 is 2.62 bits per heavy atom. The van der Waals surface area contributed by atoms with Gasteiger partial charge in [-0.2, -0.15) is 5.10 Å². The summed E-state index contributed by atoms with van der Waals surface area (Å²) in [6, 6.07) is 7.23. The lowest BCUT2D eigenvalue weighted by molar-refractivity contribution is 0.0943. The fraction of sp³-hybridized carbons (Fsp3) is 0.370. The van der Waals surface area contributed by atoms with Gasteiger partial charge in [0, 0.05) is 36.5 Å². The Morgan fingerprint density at radius 1 is 1.14 bits per heavy atom. The van der Waals surface area contributed by atoms with Crippen molar-refractivity contribution in [3.63, 3.8) is 0 Å². The molecule has 0 aliphatic heterocycles. The van der Waals surface area contributed by atoms with Gasteiger partial charge in [0.2, 0.25) is 0 Å². The van der Waals surface area contributed by atoms with Crippen molar-refractivity contribution in [2.75, 3.05) is 0 Å². The molecule has 3 heterocycles. The average molecular weight is 502 g/mol. The molecule has 0 fully saturated rings. The molecule has 10 nitrogen and oxygen atoms in total. The molecule has 4 aromatic rings. The second-order valence-electron chi connectivity index (χ2n) is 9.11. The van der Waals surface area contributed by atoms with E-state index in [9.17, 15) is 14.4 Å². The van der Waals surface area contributed by atoms with Crippen LogP contribution in [-0.2, 0) is 19.6 Å². The first-order valence-electron chi connectivity index (χ1n) is 12.5. The van der Waals surface area contributed by atoms with Crippen molar-refractivity contribution in [3.8, 4) is 23.2 Å². The Hall–Kier alpha value is -4.39. The normalized spacial score (nSPS) is 11.1. The summed E-state index contributed by atoms with van der Waals surface area (Å²) in [7, 11) is 0. The van der Waals surface area contributed by atoms with Gasteiger partial charge in [-0.25, -0.2) is 9.78 Å². The molecule has 1 amide bonds. The highest BCUT2D eigenvalue weighted by Gasteiger charge is 2.18. The molecular weight excluding hydrogens is 470 g/mol. The van der Waals surface area contributed by atoms with Crippen LogP contribution in [-0.4, -0.2) is 40.8 Å². The summed E-state index contributed by atoms with van der Waals surface area (Å²) in [6.45, 7) is 8.88. The van der Waals surface area contributed by atoms with Crippen molar-refractivity contribution < 1.29 is 4.79 Å². The molecule has 192 valence electrons. The Balaban J connectivity index is 1.58. The minimum atomic E-state index is -0.365. The number of nitrogens with zero attached hydrogens (tertiary/aromatic N) is 5. The van der Waals surface area contributed by atoms with Crippen molar-refractivity contribution in [2.45, 2.75) is 66.2 Å². The van der Waals surface area contributed by atoms with E-state index in [2.05, 4.69) is 32.2 Å². The minimum Gasteiger partial charge on any atom is -0.350 e. The van der Waals surface area contributed by atoms with Crippen LogP contribution < -0.4 is 16.6 Å². The van der Waals surface area contributed by atoms with Gasteiger partial charge in [0.05, 0.1) is 11.8 Å². The summed E-state index contributed by atoms with van der Waals surface area (Å²) in [5.74, 6) is 6.47. The summed E-state index contributed by atoms with van der Waals surface area (Å²) in [4.78, 5) is 45.8. The molecule has 0 spiro atoms. The monoisotopic (exact) mass is 501 g/mol. The van der Waals surface area contributed by atoms with Crippen LogP contribution in [0.2, 0.25) is 0 Å². The summed E-state index contributed by atoms with van der Waals surface area (Å²) in [5.41, 5.74) is 1.94. The van der Waals surface area contributed by atoms with Crippen molar-refractivity contribution in [1.29, 1.82) is 0 Å². The van der Waals surface area contributed by atoms with E-state index in [-0.39, 0.29) is 23.2 Å². The van der Waals surface area contributed by atoms with Crippen LogP contribution in [0.5, 0.6) is 0 Å². The number of H-pyrrole nitrogens is 1. The van der Waals surface area contributed by atoms with E-state index in [4.69, 9.17) is 0 Å². The maximum Gasteiger partial charge on any atom is 0.332 e. The lowest BCUT2D eigenvalue weighted by atomic mass is 10.1. The molecule has 0 unspecified atom stereocenters. The van der Waals surface area contributed by atoms with Crippen LogP contribution in [0.3, 0.4) is 0 Å². The molecule has 0 radical (unpaired) electrons. The second-order valence-corrected chi connectivity index (χ2v) is 9.11. The van der Waals surface area contributed by atoms with E-state index >= 15 is 0 Å². The number of aryl methyl sites for hydroxylation is 1. The van der Waals surface area contributed by atoms with Gasteiger partial charge < -0.3 is 10.3 Å². The van der Waals surface area contributed by atoms with Gasteiger partial charge >= 0.3 is 5.69 Å². The maximum atomic E-state index is 13.0. The predicted octanol–water partition coefficient (Wildman–Crippen LogP) is 2.76. The van der Waals surface area contributed by atoms with Crippen LogP contribution in [0.15, 0.2) is 46.2 Å². The number of carbonyl (C=O) groups is 1. The van der Waals surface area contributed by atoms with Crippen LogP contribution >= 0.6 is 0 Å². The third kappa shape index (κ3) is 5.56. The zero-order valence-corrected chi connectivity index (χ0v) is 21.5. The highest BCUT2D eigenvalue weighted by atomic mass is 16.2. The molecule has 10 heteroatoms. The van der Waals surface area contributed by atoms with E-state index in [1.807, 2.05) is 33.8 Å². The second kappa shape index (κ2) is 11.1. The van der Waals surface area contributed by atoms with Gasteiger partial charge in [-0.3, -0.25) is 23.4 Å². The fourth-order valence-electron chi connectivity index (χ4n) is 4.03. The zero-order chi connectivity index (χ0) is 26.5. The highest BCUT2D eigenvalue weighted by molar-refractivity contribution is 5.94. The minimum absolute atomic E-state index is 0.0552. The number of imidazole rings is 1. The van der Waals surface area contributed by atoms with Gasteiger partial charge in [0.1, 0.15) is 17.9 Å². The molecule has 3 aromatic heterocycles. The predicted molar refractivity (Wildman–Crippen MR) is 142 cm³/mol. The van der Waals surface area contributed by atoms with E-state index in [1.165, 1.54) is 4.57 Å². The van der Waals surface area contributed by atoms with Crippen LogP contribution in [0.25, 0.3) is 22.6 Å². The Kier molecular flexibility index (Phi) is 7.72. The number of nitrogens with one attached hydrogen (secondary N) is 2. The number of rotatable bonds is 8. The fourth-order valence-corrected chi connectivity index (χ4v) is 4.03. The highest BCUT2D eigenvalue weighted by Crippen LogP contribution is 2.18. The first-order chi connectivity index (χ1) is 17.8. The molecular formula is C27H31N7O3. The van der Waals surface area contributed by atoms with Crippen LogP contribution in [0.4, 0.5) is 0 Å². The number of fused-ring (bicyclic) bond motifs is 1. The van der Waals surface area contributed by atoms with Crippen molar-refractivity contribution >= 4 is 17.1 Å². The van der Waals surface area contributed by atoms with Gasteiger partial charge in [-0.15, -0.1) is 0 Å². The lowest BCUT2D eigenvalue weighted by Crippen LogP contribution is -2.40.